The Morgan fingerprint density at radius 1 is 1.09 bits per heavy atom. The van der Waals surface area contributed by atoms with E-state index in [0.29, 0.717) is 0 Å². The van der Waals surface area contributed by atoms with Crippen LogP contribution in [-0.4, -0.2) is 20.4 Å². The second-order valence-electron chi connectivity index (χ2n) is 1.67. The number of ether oxygens (including phenoxy) is 2. The van der Waals surface area contributed by atoms with Crippen molar-refractivity contribution in [1.29, 1.82) is 0 Å². The molecule has 0 N–H and O–H groups in total. The molecule has 0 aliphatic heterocycles. The fourth-order valence-corrected chi connectivity index (χ4v) is 2.50. The Morgan fingerprint density at radius 2 is 1.55 bits per heavy atom. The molecule has 0 aliphatic carbocycles. The van der Waals surface area contributed by atoms with Crippen molar-refractivity contribution in [2.75, 3.05) is 0 Å². The Balaban J connectivity index is 2.76. The van der Waals surface area contributed by atoms with Crippen LogP contribution in [-0.2, 0) is 0 Å². The van der Waals surface area contributed by atoms with Crippen molar-refractivity contribution in [3.05, 3.63) is 33.8 Å². The van der Waals surface area contributed by atoms with E-state index in [0.717, 1.165) is 11.5 Å². The fraction of sp³-hybridized carbons (Fsp3) is 0. The first-order valence-electron chi connectivity index (χ1n) is 2.99. The van der Waals surface area contributed by atoms with Crippen LogP contribution in [0.2, 0.25) is 0 Å². The zero-order valence-electron chi connectivity index (χ0n) is 5.95. The van der Waals surface area contributed by atoms with E-state index in [9.17, 15) is 0 Å². The summed E-state index contributed by atoms with van der Waals surface area (Å²) in [7, 11) is 0. The molecule has 1 heterocycles. The van der Waals surface area contributed by atoms with Gasteiger partial charge in [-0.15, -0.1) is 0 Å². The van der Waals surface area contributed by atoms with Gasteiger partial charge in [0, 0.05) is 0 Å². The third-order valence-electron chi connectivity index (χ3n) is 1.01. The summed E-state index contributed by atoms with van der Waals surface area (Å²) in [4.78, 5) is 0. The van der Waals surface area contributed by atoms with E-state index in [-0.39, 0.29) is 20.4 Å². The van der Waals surface area contributed by atoms with Crippen LogP contribution < -0.4 is 9.47 Å². The zero-order chi connectivity index (χ0) is 8.10. The monoisotopic (exact) mass is 266 g/mol. The van der Waals surface area contributed by atoms with Crippen LogP contribution >= 0.6 is 0 Å². The summed E-state index contributed by atoms with van der Waals surface area (Å²) >= 11 is -0.191. The number of hydrogen-bond acceptors (Lipinski definition) is 2. The maximum absolute atomic E-state index is 5.08. The molecule has 0 aliphatic rings. The summed E-state index contributed by atoms with van der Waals surface area (Å²) in [5.74, 6) is 1.53. The van der Waals surface area contributed by atoms with Crippen LogP contribution in [0.15, 0.2) is 33.8 Å². The van der Waals surface area contributed by atoms with Gasteiger partial charge < -0.3 is 0 Å². The first-order chi connectivity index (χ1) is 5.38. The van der Waals surface area contributed by atoms with Crippen molar-refractivity contribution in [2.45, 2.75) is 0 Å². The number of rotatable bonds is 4. The average molecular weight is 264 g/mol. The van der Waals surface area contributed by atoms with Crippen LogP contribution in [0.5, 0.6) is 11.5 Å². The second kappa shape index (κ2) is 4.27. The van der Waals surface area contributed by atoms with Crippen LogP contribution in [0.25, 0.3) is 0 Å². The van der Waals surface area contributed by atoms with Crippen molar-refractivity contribution in [2.24, 2.45) is 0 Å². The molecule has 2 nitrogen and oxygen atoms in total. The van der Waals surface area contributed by atoms with Crippen molar-refractivity contribution in [1.82, 2.24) is 0 Å². The molecule has 1 rings (SSSR count). The summed E-state index contributed by atoms with van der Waals surface area (Å²) in [5, 5.41) is 0. The SMILES string of the molecule is C=COc1c[te]cc1OC=C. The zero-order valence-corrected chi connectivity index (χ0v) is 8.28. The van der Waals surface area contributed by atoms with Crippen molar-refractivity contribution in [3.63, 3.8) is 0 Å². The van der Waals surface area contributed by atoms with Gasteiger partial charge in [-0.3, -0.25) is 0 Å². The van der Waals surface area contributed by atoms with Gasteiger partial charge in [0.05, 0.1) is 0 Å². The average Bonchev–Trinajstić information content (AvgIpc) is 2.39. The van der Waals surface area contributed by atoms with E-state index in [2.05, 4.69) is 13.2 Å². The molecule has 0 saturated carbocycles. The van der Waals surface area contributed by atoms with Gasteiger partial charge in [-0.1, -0.05) is 0 Å². The summed E-state index contributed by atoms with van der Waals surface area (Å²) < 4.78 is 14.3. The molecule has 3 heteroatoms. The Kier molecular flexibility index (Phi) is 3.28. The summed E-state index contributed by atoms with van der Waals surface area (Å²) in [6, 6.07) is 0. The molecular formula is C8H8O2Te. The normalized spacial score (nSPS) is 8.73. The van der Waals surface area contributed by atoms with Crippen molar-refractivity contribution in [3.8, 4) is 11.5 Å². The van der Waals surface area contributed by atoms with Gasteiger partial charge in [-0.25, -0.2) is 0 Å². The molecule has 58 valence electrons. The minimum absolute atomic E-state index is 0.191. The third-order valence-corrected chi connectivity index (χ3v) is 3.01. The van der Waals surface area contributed by atoms with Gasteiger partial charge in [0.15, 0.2) is 0 Å². The molecule has 1 aromatic rings. The molecule has 0 aromatic carbocycles. The first-order valence-corrected chi connectivity index (χ1v) is 5.69. The molecule has 0 radical (unpaired) electrons. The molecule has 0 spiro atoms. The van der Waals surface area contributed by atoms with Gasteiger partial charge in [0.25, 0.3) is 0 Å². The third kappa shape index (κ3) is 2.14. The predicted molar refractivity (Wildman–Crippen MR) is 45.0 cm³/mol. The molecule has 0 unspecified atom stereocenters. The molecule has 0 amide bonds. The Bertz CT molecular complexity index is 228. The molecule has 1 aromatic heterocycles. The summed E-state index contributed by atoms with van der Waals surface area (Å²) in [6.07, 6.45) is 2.79. The second-order valence-corrected chi connectivity index (χ2v) is 3.79. The van der Waals surface area contributed by atoms with Crippen LogP contribution in [0.3, 0.4) is 0 Å². The van der Waals surface area contributed by atoms with Crippen molar-refractivity contribution < 1.29 is 9.47 Å². The Hall–Kier alpha value is -0.650. The van der Waals surface area contributed by atoms with E-state index in [1.807, 2.05) is 8.16 Å². The molecule has 0 fully saturated rings. The van der Waals surface area contributed by atoms with Crippen LogP contribution in [0.4, 0.5) is 0 Å². The van der Waals surface area contributed by atoms with Gasteiger partial charge in [0.2, 0.25) is 0 Å². The van der Waals surface area contributed by atoms with E-state index < -0.39 is 0 Å². The molecule has 0 atom stereocenters. The molecule has 0 saturated heterocycles. The van der Waals surface area contributed by atoms with Crippen LogP contribution in [0.1, 0.15) is 0 Å². The standard InChI is InChI=1S/C8H8O2Te/c1-3-9-7-5-11-6-8(7)10-4-2/h3-6H,1-2H2. The Labute approximate surface area is 75.4 Å². The molecule has 11 heavy (non-hydrogen) atoms. The minimum atomic E-state index is -0.191. The predicted octanol–water partition coefficient (Wildman–Crippen LogP) is 1.79. The summed E-state index contributed by atoms with van der Waals surface area (Å²) in [5.41, 5.74) is 0. The maximum atomic E-state index is 5.08. The van der Waals surface area contributed by atoms with E-state index >= 15 is 0 Å². The topological polar surface area (TPSA) is 18.5 Å². The first kappa shape index (κ1) is 8.45. The van der Waals surface area contributed by atoms with Gasteiger partial charge in [-0.05, 0) is 0 Å². The van der Waals surface area contributed by atoms with Gasteiger partial charge >= 0.3 is 75.3 Å². The number of hydrogen-bond donors (Lipinski definition) is 0. The quantitative estimate of drug-likeness (QED) is 0.609. The van der Waals surface area contributed by atoms with Gasteiger partial charge in [0.1, 0.15) is 0 Å². The Morgan fingerprint density at radius 3 is 1.91 bits per heavy atom. The van der Waals surface area contributed by atoms with E-state index in [1.54, 1.807) is 0 Å². The van der Waals surface area contributed by atoms with Crippen molar-refractivity contribution >= 4 is 20.4 Å². The molecular weight excluding hydrogens is 256 g/mol. The van der Waals surface area contributed by atoms with Gasteiger partial charge in [-0.2, -0.15) is 0 Å². The fourth-order valence-electron chi connectivity index (χ4n) is 0.625. The molecule has 0 bridgehead atoms. The van der Waals surface area contributed by atoms with Crippen LogP contribution in [0, 0.1) is 0 Å². The summed E-state index contributed by atoms with van der Waals surface area (Å²) in [6.45, 7) is 6.92. The van der Waals surface area contributed by atoms with E-state index in [4.69, 9.17) is 9.47 Å². The van der Waals surface area contributed by atoms with E-state index in [1.165, 1.54) is 12.5 Å².